The third-order valence-electron chi connectivity index (χ3n) is 4.79. The SMILES string of the molecule is Cn1c(=O)oc2cc(C(O)C3(C)CCCCC3)ccc21. The third kappa shape index (κ3) is 2.08. The largest absolute Gasteiger partial charge is 0.419 e. The molecule has 1 unspecified atom stereocenters. The summed E-state index contributed by atoms with van der Waals surface area (Å²) >= 11 is 0. The minimum atomic E-state index is -0.502. The summed E-state index contributed by atoms with van der Waals surface area (Å²) in [7, 11) is 1.69. The molecule has 1 aromatic carbocycles. The fourth-order valence-electron chi connectivity index (χ4n) is 3.36. The molecule has 1 fully saturated rings. The summed E-state index contributed by atoms with van der Waals surface area (Å²) < 4.78 is 6.69. The first kappa shape index (κ1) is 13.4. The van der Waals surface area contributed by atoms with Crippen molar-refractivity contribution in [3.8, 4) is 0 Å². The molecule has 1 saturated carbocycles. The fourth-order valence-corrected chi connectivity index (χ4v) is 3.36. The summed E-state index contributed by atoms with van der Waals surface area (Å²) in [4.78, 5) is 11.5. The summed E-state index contributed by atoms with van der Waals surface area (Å²) in [5.74, 6) is -0.365. The zero-order chi connectivity index (χ0) is 14.3. The molecule has 0 aliphatic heterocycles. The lowest BCUT2D eigenvalue weighted by Crippen LogP contribution is -2.28. The molecule has 0 amide bonds. The van der Waals surface area contributed by atoms with Gasteiger partial charge in [-0.15, -0.1) is 0 Å². The van der Waals surface area contributed by atoms with Crippen molar-refractivity contribution in [2.75, 3.05) is 0 Å². The van der Waals surface area contributed by atoms with Crippen LogP contribution in [0.1, 0.15) is 50.7 Å². The third-order valence-corrected chi connectivity index (χ3v) is 4.79. The maximum atomic E-state index is 11.5. The Labute approximate surface area is 118 Å². The number of aliphatic hydroxyl groups is 1. The first-order chi connectivity index (χ1) is 9.51. The van der Waals surface area contributed by atoms with Gasteiger partial charge >= 0.3 is 5.76 Å². The van der Waals surface area contributed by atoms with Gasteiger partial charge < -0.3 is 9.52 Å². The van der Waals surface area contributed by atoms with Crippen molar-refractivity contribution >= 4 is 11.1 Å². The number of nitrogens with zero attached hydrogens (tertiary/aromatic N) is 1. The van der Waals surface area contributed by atoms with Crippen molar-refractivity contribution < 1.29 is 9.52 Å². The first-order valence-electron chi connectivity index (χ1n) is 7.29. The molecular formula is C16H21NO3. The second-order valence-corrected chi connectivity index (χ2v) is 6.27. The normalized spacial score (nSPS) is 20.1. The van der Waals surface area contributed by atoms with Crippen LogP contribution >= 0.6 is 0 Å². The minimum absolute atomic E-state index is 0.0685. The second-order valence-electron chi connectivity index (χ2n) is 6.27. The lowest BCUT2D eigenvalue weighted by molar-refractivity contribution is 0.00823. The molecular weight excluding hydrogens is 254 g/mol. The number of hydrogen-bond donors (Lipinski definition) is 1. The summed E-state index contributed by atoms with van der Waals surface area (Å²) in [6.45, 7) is 2.15. The quantitative estimate of drug-likeness (QED) is 0.916. The van der Waals surface area contributed by atoms with Crippen molar-refractivity contribution in [3.63, 3.8) is 0 Å². The van der Waals surface area contributed by atoms with Crippen molar-refractivity contribution in [3.05, 3.63) is 34.3 Å². The van der Waals surface area contributed by atoms with E-state index in [-0.39, 0.29) is 11.2 Å². The van der Waals surface area contributed by atoms with Crippen LogP contribution in [0.15, 0.2) is 27.4 Å². The lowest BCUT2D eigenvalue weighted by Gasteiger charge is -2.38. The molecule has 1 atom stereocenters. The van der Waals surface area contributed by atoms with Crippen molar-refractivity contribution in [1.82, 2.24) is 4.57 Å². The maximum Gasteiger partial charge on any atom is 0.419 e. The van der Waals surface area contributed by atoms with Crippen LogP contribution < -0.4 is 5.76 Å². The number of benzene rings is 1. The van der Waals surface area contributed by atoms with Crippen molar-refractivity contribution in [2.24, 2.45) is 12.5 Å². The van der Waals surface area contributed by atoms with Crippen LogP contribution in [-0.4, -0.2) is 9.67 Å². The molecule has 20 heavy (non-hydrogen) atoms. The van der Waals surface area contributed by atoms with E-state index >= 15 is 0 Å². The number of rotatable bonds is 2. The smallest absolute Gasteiger partial charge is 0.408 e. The standard InChI is InChI=1S/C16H21NO3/c1-16(8-4-3-5-9-16)14(18)11-6-7-12-13(10-11)20-15(19)17(12)2/h6-7,10,14,18H,3-5,8-9H2,1-2H3. The molecule has 1 N–H and O–H groups in total. The lowest BCUT2D eigenvalue weighted by atomic mass is 9.70. The molecule has 2 aromatic rings. The molecule has 0 spiro atoms. The van der Waals surface area contributed by atoms with Crippen LogP contribution in [0.5, 0.6) is 0 Å². The number of oxazole rings is 1. The molecule has 108 valence electrons. The van der Waals surface area contributed by atoms with Crippen molar-refractivity contribution in [2.45, 2.75) is 45.1 Å². The average Bonchev–Trinajstić information content (AvgIpc) is 2.73. The molecule has 1 aliphatic carbocycles. The van der Waals surface area contributed by atoms with E-state index in [1.807, 2.05) is 12.1 Å². The van der Waals surface area contributed by atoms with Gasteiger partial charge in [0.2, 0.25) is 0 Å². The van der Waals surface area contributed by atoms with Crippen LogP contribution in [0.2, 0.25) is 0 Å². The monoisotopic (exact) mass is 275 g/mol. The molecule has 3 rings (SSSR count). The number of fused-ring (bicyclic) bond motifs is 1. The van der Waals surface area contributed by atoms with Crippen LogP contribution in [0.4, 0.5) is 0 Å². The van der Waals surface area contributed by atoms with E-state index in [0.29, 0.717) is 5.58 Å². The molecule has 0 saturated heterocycles. The number of aliphatic hydroxyl groups excluding tert-OH is 1. The summed E-state index contributed by atoms with van der Waals surface area (Å²) in [5.41, 5.74) is 2.09. The van der Waals surface area contributed by atoms with E-state index in [2.05, 4.69) is 6.92 Å². The van der Waals surface area contributed by atoms with E-state index in [4.69, 9.17) is 4.42 Å². The molecule has 4 nitrogen and oxygen atoms in total. The second kappa shape index (κ2) is 4.77. The highest BCUT2D eigenvalue weighted by atomic mass is 16.4. The van der Waals surface area contributed by atoms with E-state index in [9.17, 15) is 9.90 Å². The Morgan fingerprint density at radius 1 is 1.30 bits per heavy atom. The molecule has 4 heteroatoms. The van der Waals surface area contributed by atoms with E-state index in [1.165, 1.54) is 23.8 Å². The number of hydrogen-bond acceptors (Lipinski definition) is 3. The number of aromatic nitrogens is 1. The van der Waals surface area contributed by atoms with Gasteiger partial charge in [0.25, 0.3) is 0 Å². The predicted molar refractivity (Wildman–Crippen MR) is 77.6 cm³/mol. The van der Waals surface area contributed by atoms with Crippen molar-refractivity contribution in [1.29, 1.82) is 0 Å². The Bertz CT molecular complexity index is 677. The highest BCUT2D eigenvalue weighted by molar-refractivity contribution is 5.73. The molecule has 0 bridgehead atoms. The van der Waals surface area contributed by atoms with Gasteiger partial charge in [0.15, 0.2) is 5.58 Å². The van der Waals surface area contributed by atoms with Gasteiger partial charge in [-0.25, -0.2) is 4.79 Å². The summed E-state index contributed by atoms with van der Waals surface area (Å²) in [5, 5.41) is 10.7. The topological polar surface area (TPSA) is 55.4 Å². The Morgan fingerprint density at radius 2 is 2.00 bits per heavy atom. The molecule has 1 heterocycles. The Kier molecular flexibility index (Phi) is 3.21. The Balaban J connectivity index is 1.99. The highest BCUT2D eigenvalue weighted by Crippen LogP contribution is 2.45. The minimum Gasteiger partial charge on any atom is -0.408 e. The van der Waals surface area contributed by atoms with E-state index in [0.717, 1.165) is 23.9 Å². The summed E-state index contributed by atoms with van der Waals surface area (Å²) in [6, 6.07) is 5.56. The van der Waals surface area contributed by atoms with Gasteiger partial charge in [-0.2, -0.15) is 0 Å². The van der Waals surface area contributed by atoms with Gasteiger partial charge in [-0.3, -0.25) is 4.57 Å². The fraction of sp³-hybridized carbons (Fsp3) is 0.562. The Hall–Kier alpha value is -1.55. The molecule has 1 aromatic heterocycles. The van der Waals surface area contributed by atoms with Gasteiger partial charge in [0.05, 0.1) is 11.6 Å². The highest BCUT2D eigenvalue weighted by Gasteiger charge is 2.35. The summed E-state index contributed by atoms with van der Waals surface area (Å²) in [6.07, 6.45) is 5.20. The predicted octanol–water partition coefficient (Wildman–Crippen LogP) is 3.14. The van der Waals surface area contributed by atoms with Gasteiger partial charge in [0, 0.05) is 7.05 Å². The van der Waals surface area contributed by atoms with Gasteiger partial charge in [-0.05, 0) is 36.0 Å². The zero-order valence-corrected chi connectivity index (χ0v) is 12.1. The first-order valence-corrected chi connectivity index (χ1v) is 7.29. The van der Waals surface area contributed by atoms with Crippen LogP contribution in [0.3, 0.4) is 0 Å². The van der Waals surface area contributed by atoms with Gasteiger partial charge in [-0.1, -0.05) is 32.3 Å². The Morgan fingerprint density at radius 3 is 2.70 bits per heavy atom. The van der Waals surface area contributed by atoms with Gasteiger partial charge in [0.1, 0.15) is 0 Å². The average molecular weight is 275 g/mol. The molecule has 0 radical (unpaired) electrons. The maximum absolute atomic E-state index is 11.5. The number of aryl methyl sites for hydroxylation is 1. The van der Waals surface area contributed by atoms with Crippen LogP contribution in [-0.2, 0) is 7.05 Å². The molecule has 1 aliphatic rings. The zero-order valence-electron chi connectivity index (χ0n) is 12.1. The van der Waals surface area contributed by atoms with Crippen LogP contribution in [0.25, 0.3) is 11.1 Å². The van der Waals surface area contributed by atoms with E-state index in [1.54, 1.807) is 13.1 Å². The van der Waals surface area contributed by atoms with Crippen LogP contribution in [0, 0.1) is 5.41 Å². The van der Waals surface area contributed by atoms with E-state index < -0.39 is 6.10 Å².